The third kappa shape index (κ3) is 3.76. The van der Waals surface area contributed by atoms with Gasteiger partial charge in [0.25, 0.3) is 0 Å². The number of thioether (sulfide) groups is 1. The third-order valence-corrected chi connectivity index (χ3v) is 3.26. The van der Waals surface area contributed by atoms with Crippen LogP contribution in [0, 0.1) is 13.8 Å². The quantitative estimate of drug-likeness (QED) is 0.776. The molecule has 0 N–H and O–H groups in total. The van der Waals surface area contributed by atoms with E-state index in [1.807, 2.05) is 0 Å². The molecule has 0 aliphatic rings. The number of aryl methyl sites for hydroxylation is 2. The van der Waals surface area contributed by atoms with E-state index in [9.17, 15) is 18.0 Å². The number of nitrogens with zero attached hydrogens (tertiary/aromatic N) is 2. The van der Waals surface area contributed by atoms with E-state index in [1.54, 1.807) is 20.8 Å². The molecular weight excluding hydrogens is 265 g/mol. The molecule has 0 fully saturated rings. The number of carbonyl (C=O) groups excluding carboxylic acids is 1. The molecule has 1 heterocycles. The number of hydrogen-bond acceptors (Lipinski definition) is 3. The lowest BCUT2D eigenvalue weighted by Crippen LogP contribution is -2.10. The van der Waals surface area contributed by atoms with E-state index in [0.29, 0.717) is 23.4 Å². The topological polar surface area (TPSA) is 34.9 Å². The highest BCUT2D eigenvalue weighted by atomic mass is 32.2. The molecule has 0 saturated carbocycles. The summed E-state index contributed by atoms with van der Waals surface area (Å²) in [5.41, 5.74) is -2.47. The van der Waals surface area contributed by atoms with Crippen LogP contribution in [-0.4, -0.2) is 26.8 Å². The van der Waals surface area contributed by atoms with Crippen LogP contribution in [-0.2, 0) is 6.54 Å². The zero-order chi connectivity index (χ0) is 13.9. The Bertz CT molecular complexity index is 440. The highest BCUT2D eigenvalue weighted by molar-refractivity contribution is 8.00. The number of ketones is 1. The van der Waals surface area contributed by atoms with Gasteiger partial charge in [0.1, 0.15) is 0 Å². The maximum absolute atomic E-state index is 12.0. The Labute approximate surface area is 108 Å². The standard InChI is InChI=1S/C11H15F3N2OS/c1-4-9(17)10-7(2)15-16(8(10)3)5-6-18-11(12,13)14/h4-6H2,1-3H3. The van der Waals surface area contributed by atoms with Crippen molar-refractivity contribution in [1.29, 1.82) is 0 Å². The highest BCUT2D eigenvalue weighted by Crippen LogP contribution is 2.30. The van der Waals surface area contributed by atoms with Crippen molar-refractivity contribution in [3.05, 3.63) is 17.0 Å². The van der Waals surface area contributed by atoms with Crippen LogP contribution in [0.5, 0.6) is 0 Å². The summed E-state index contributed by atoms with van der Waals surface area (Å²) < 4.78 is 37.5. The molecule has 0 unspecified atom stereocenters. The van der Waals surface area contributed by atoms with Crippen LogP contribution in [0.2, 0.25) is 0 Å². The van der Waals surface area contributed by atoms with Gasteiger partial charge in [-0.2, -0.15) is 18.3 Å². The zero-order valence-corrected chi connectivity index (χ0v) is 11.3. The highest BCUT2D eigenvalue weighted by Gasteiger charge is 2.28. The van der Waals surface area contributed by atoms with Crippen LogP contribution in [0.15, 0.2) is 0 Å². The SMILES string of the molecule is CCC(=O)c1c(C)nn(CCSC(F)(F)F)c1C. The molecule has 0 atom stereocenters. The Morgan fingerprint density at radius 2 is 2.00 bits per heavy atom. The molecular formula is C11H15F3N2OS. The van der Waals surface area contributed by atoms with E-state index in [2.05, 4.69) is 5.10 Å². The van der Waals surface area contributed by atoms with E-state index >= 15 is 0 Å². The van der Waals surface area contributed by atoms with Gasteiger partial charge in [-0.05, 0) is 25.6 Å². The predicted octanol–water partition coefficient (Wildman–Crippen LogP) is 3.35. The van der Waals surface area contributed by atoms with E-state index in [4.69, 9.17) is 0 Å². The average molecular weight is 280 g/mol. The van der Waals surface area contributed by atoms with Gasteiger partial charge in [0, 0.05) is 17.9 Å². The van der Waals surface area contributed by atoms with Crippen LogP contribution >= 0.6 is 11.8 Å². The molecule has 0 aliphatic carbocycles. The number of Topliss-reactive ketones (excluding diaryl/α,β-unsaturated/α-hetero) is 1. The number of halogens is 3. The molecule has 0 amide bonds. The van der Waals surface area contributed by atoms with Gasteiger partial charge in [0.15, 0.2) is 5.78 Å². The van der Waals surface area contributed by atoms with Crippen molar-refractivity contribution in [2.24, 2.45) is 0 Å². The Kier molecular flexibility index (Phi) is 4.84. The molecule has 0 aromatic carbocycles. The Hall–Kier alpha value is -0.980. The molecule has 0 spiro atoms. The van der Waals surface area contributed by atoms with Crippen molar-refractivity contribution in [3.8, 4) is 0 Å². The van der Waals surface area contributed by atoms with Gasteiger partial charge >= 0.3 is 5.51 Å². The van der Waals surface area contributed by atoms with Crippen LogP contribution in [0.3, 0.4) is 0 Å². The molecule has 7 heteroatoms. The molecule has 1 aromatic rings. The first-order chi connectivity index (χ1) is 8.26. The minimum absolute atomic E-state index is 0.0280. The largest absolute Gasteiger partial charge is 0.441 e. The van der Waals surface area contributed by atoms with Gasteiger partial charge < -0.3 is 0 Å². The molecule has 0 radical (unpaired) electrons. The smallest absolute Gasteiger partial charge is 0.294 e. The fourth-order valence-corrected chi connectivity index (χ4v) is 2.24. The second-order valence-electron chi connectivity index (χ2n) is 3.84. The Morgan fingerprint density at radius 1 is 1.39 bits per heavy atom. The summed E-state index contributed by atoms with van der Waals surface area (Å²) in [5, 5.41) is 4.11. The zero-order valence-electron chi connectivity index (χ0n) is 10.5. The molecule has 1 rings (SSSR count). The number of aromatic nitrogens is 2. The van der Waals surface area contributed by atoms with Crippen molar-refractivity contribution in [2.45, 2.75) is 39.2 Å². The second kappa shape index (κ2) is 5.77. The molecule has 3 nitrogen and oxygen atoms in total. The summed E-state index contributed by atoms with van der Waals surface area (Å²) in [6.45, 7) is 5.30. The number of hydrogen-bond donors (Lipinski definition) is 0. The van der Waals surface area contributed by atoms with Crippen LogP contribution < -0.4 is 0 Å². The Balaban J connectivity index is 2.77. The maximum Gasteiger partial charge on any atom is 0.441 e. The molecule has 18 heavy (non-hydrogen) atoms. The van der Waals surface area contributed by atoms with Gasteiger partial charge in [-0.3, -0.25) is 9.48 Å². The van der Waals surface area contributed by atoms with E-state index in [-0.39, 0.29) is 29.8 Å². The lowest BCUT2D eigenvalue weighted by molar-refractivity contribution is -0.0328. The molecule has 102 valence electrons. The first kappa shape index (κ1) is 15.1. The van der Waals surface area contributed by atoms with Gasteiger partial charge in [0.2, 0.25) is 0 Å². The normalized spacial score (nSPS) is 11.9. The predicted molar refractivity (Wildman–Crippen MR) is 64.8 cm³/mol. The lowest BCUT2D eigenvalue weighted by Gasteiger charge is -2.07. The first-order valence-corrected chi connectivity index (χ1v) is 6.52. The summed E-state index contributed by atoms with van der Waals surface area (Å²) in [4.78, 5) is 11.7. The van der Waals surface area contributed by atoms with Crippen molar-refractivity contribution in [1.82, 2.24) is 9.78 Å². The average Bonchev–Trinajstić information content (AvgIpc) is 2.52. The van der Waals surface area contributed by atoms with Crippen LogP contribution in [0.4, 0.5) is 13.2 Å². The van der Waals surface area contributed by atoms with Gasteiger partial charge in [-0.1, -0.05) is 6.92 Å². The summed E-state index contributed by atoms with van der Waals surface area (Å²) in [5.74, 6) is -0.134. The summed E-state index contributed by atoms with van der Waals surface area (Å²) in [7, 11) is 0. The van der Waals surface area contributed by atoms with Crippen LogP contribution in [0.1, 0.15) is 35.1 Å². The van der Waals surface area contributed by atoms with Crippen LogP contribution in [0.25, 0.3) is 0 Å². The Morgan fingerprint density at radius 3 is 2.50 bits per heavy atom. The first-order valence-electron chi connectivity index (χ1n) is 5.54. The van der Waals surface area contributed by atoms with Crippen molar-refractivity contribution in [3.63, 3.8) is 0 Å². The van der Waals surface area contributed by atoms with Crippen molar-refractivity contribution < 1.29 is 18.0 Å². The summed E-state index contributed by atoms with van der Waals surface area (Å²) in [6.07, 6.45) is 0.366. The maximum atomic E-state index is 12.0. The molecule has 0 saturated heterocycles. The number of rotatable bonds is 5. The fourth-order valence-electron chi connectivity index (χ4n) is 1.74. The van der Waals surface area contributed by atoms with E-state index in [1.165, 1.54) is 4.68 Å². The third-order valence-electron chi connectivity index (χ3n) is 2.55. The van der Waals surface area contributed by atoms with Gasteiger partial charge in [-0.25, -0.2) is 0 Å². The molecule has 0 aliphatic heterocycles. The van der Waals surface area contributed by atoms with Gasteiger partial charge in [0.05, 0.1) is 17.8 Å². The summed E-state index contributed by atoms with van der Waals surface area (Å²) >= 11 is -0.0794. The van der Waals surface area contributed by atoms with Gasteiger partial charge in [-0.15, -0.1) is 0 Å². The van der Waals surface area contributed by atoms with E-state index < -0.39 is 5.51 Å². The minimum Gasteiger partial charge on any atom is -0.294 e. The van der Waals surface area contributed by atoms with Crippen molar-refractivity contribution in [2.75, 3.05) is 5.75 Å². The second-order valence-corrected chi connectivity index (χ2v) is 5.00. The van der Waals surface area contributed by atoms with E-state index in [0.717, 1.165) is 0 Å². The molecule has 0 bridgehead atoms. The monoisotopic (exact) mass is 280 g/mol. The molecule has 1 aromatic heterocycles. The minimum atomic E-state index is -4.22. The number of carbonyl (C=O) groups is 1. The summed E-state index contributed by atoms with van der Waals surface area (Å²) in [6, 6.07) is 0. The lowest BCUT2D eigenvalue weighted by atomic mass is 10.1. The fraction of sp³-hybridized carbons (Fsp3) is 0.636. The number of alkyl halides is 3. The van der Waals surface area contributed by atoms with Crippen molar-refractivity contribution >= 4 is 17.5 Å².